The van der Waals surface area contributed by atoms with Gasteiger partial charge in [-0.15, -0.1) is 0 Å². The van der Waals surface area contributed by atoms with E-state index in [1.54, 1.807) is 0 Å². The maximum absolute atomic E-state index is 12.4. The molecule has 0 saturated carbocycles. The molecule has 0 aliphatic rings. The van der Waals surface area contributed by atoms with Gasteiger partial charge in [-0.3, -0.25) is 4.79 Å². The third-order valence-corrected chi connectivity index (χ3v) is 4.18. The van der Waals surface area contributed by atoms with Crippen molar-refractivity contribution in [2.45, 2.75) is 45.4 Å². The van der Waals surface area contributed by atoms with E-state index in [2.05, 4.69) is 36.4 Å². The summed E-state index contributed by atoms with van der Waals surface area (Å²) in [6.07, 6.45) is -5.26. The topological polar surface area (TPSA) is 77.0 Å². The Morgan fingerprint density at radius 2 is 1.76 bits per heavy atom. The zero-order valence-electron chi connectivity index (χ0n) is 17.6. The lowest BCUT2D eigenvalue weighted by molar-refractivity contribution is -0.157. The Balaban J connectivity index is 2.66. The van der Waals surface area contributed by atoms with E-state index in [1.807, 2.05) is 31.2 Å². The third kappa shape index (κ3) is 9.17. The van der Waals surface area contributed by atoms with Crippen molar-refractivity contribution in [1.29, 1.82) is 0 Å². The monoisotopic (exact) mass is 416 g/mol. The summed E-state index contributed by atoms with van der Waals surface area (Å²) in [7, 11) is 1.08. The highest BCUT2D eigenvalue weighted by Gasteiger charge is 2.31. The van der Waals surface area contributed by atoms with Crippen molar-refractivity contribution in [3.8, 4) is 0 Å². The maximum atomic E-state index is 12.4. The summed E-state index contributed by atoms with van der Waals surface area (Å²) in [4.78, 5) is 16.4. The molecule has 1 aromatic rings. The number of carbonyl (C=O) groups excluding carboxylic acids is 1. The van der Waals surface area contributed by atoms with Crippen LogP contribution in [0.25, 0.3) is 0 Å². The summed E-state index contributed by atoms with van der Waals surface area (Å²) < 4.78 is 37.1. The molecule has 164 valence electrons. The first kappa shape index (κ1) is 24.7. The zero-order chi connectivity index (χ0) is 22.2. The molecule has 1 amide bonds. The number of hydrogen-bond acceptors (Lipinski definition) is 3. The average Bonchev–Trinajstić information content (AvgIpc) is 2.61. The average molecular weight is 416 g/mol. The van der Waals surface area contributed by atoms with E-state index in [1.165, 1.54) is 0 Å². The number of aliphatic hydroxyl groups is 1. The van der Waals surface area contributed by atoms with Gasteiger partial charge in [0.2, 0.25) is 5.91 Å². The molecule has 9 heteroatoms. The Morgan fingerprint density at radius 3 is 2.24 bits per heavy atom. The van der Waals surface area contributed by atoms with E-state index in [0.29, 0.717) is 11.4 Å². The van der Waals surface area contributed by atoms with Crippen molar-refractivity contribution in [3.63, 3.8) is 0 Å². The van der Waals surface area contributed by atoms with Gasteiger partial charge in [0, 0.05) is 20.1 Å². The predicted molar refractivity (Wildman–Crippen MR) is 108 cm³/mol. The number of guanidine groups is 1. The lowest BCUT2D eigenvalue weighted by Crippen LogP contribution is -2.41. The van der Waals surface area contributed by atoms with Gasteiger partial charge in [-0.1, -0.05) is 45.0 Å². The first-order chi connectivity index (χ1) is 13.3. The molecular formula is C20H31F3N4O2. The summed E-state index contributed by atoms with van der Waals surface area (Å²) in [5.74, 6) is -0.510. The van der Waals surface area contributed by atoms with Crippen molar-refractivity contribution in [2.24, 2.45) is 4.99 Å². The molecule has 0 heterocycles. The van der Waals surface area contributed by atoms with Crippen molar-refractivity contribution >= 4 is 11.9 Å². The van der Waals surface area contributed by atoms with Gasteiger partial charge in [0.05, 0.1) is 6.10 Å². The van der Waals surface area contributed by atoms with Gasteiger partial charge in [0.25, 0.3) is 0 Å². The van der Waals surface area contributed by atoms with Crippen LogP contribution in [0.4, 0.5) is 13.2 Å². The Bertz CT molecular complexity index is 682. The van der Waals surface area contributed by atoms with Crippen LogP contribution in [0.2, 0.25) is 0 Å². The first-order valence-corrected chi connectivity index (χ1v) is 9.45. The highest BCUT2D eigenvalue weighted by Crippen LogP contribution is 2.23. The number of likely N-dealkylation sites (N-methyl/N-ethyl adjacent to an activating group) is 1. The molecule has 0 spiro atoms. The van der Waals surface area contributed by atoms with Crippen LogP contribution >= 0.6 is 0 Å². The SMILES string of the molecule is CCNC(=NCC(=O)N(C)CC(F)(F)F)NCC(O)c1ccc(C(C)(C)C)cc1. The maximum Gasteiger partial charge on any atom is 0.406 e. The minimum Gasteiger partial charge on any atom is -0.387 e. The van der Waals surface area contributed by atoms with Gasteiger partial charge in [0.1, 0.15) is 13.1 Å². The van der Waals surface area contributed by atoms with Gasteiger partial charge < -0.3 is 20.6 Å². The summed E-state index contributed by atoms with van der Waals surface area (Å²) >= 11 is 0. The number of alkyl halides is 3. The largest absolute Gasteiger partial charge is 0.406 e. The molecule has 1 rings (SSSR count). The lowest BCUT2D eigenvalue weighted by atomic mass is 9.86. The molecule has 6 nitrogen and oxygen atoms in total. The molecule has 0 saturated heterocycles. The van der Waals surface area contributed by atoms with Gasteiger partial charge in [0.15, 0.2) is 5.96 Å². The van der Waals surface area contributed by atoms with Gasteiger partial charge in [-0.25, -0.2) is 4.99 Å². The molecule has 29 heavy (non-hydrogen) atoms. The van der Waals surface area contributed by atoms with E-state index < -0.39 is 31.3 Å². The quantitative estimate of drug-likeness (QED) is 0.472. The molecule has 0 fully saturated rings. The van der Waals surface area contributed by atoms with E-state index in [9.17, 15) is 23.1 Å². The molecule has 0 aliphatic heterocycles. The van der Waals surface area contributed by atoms with Gasteiger partial charge >= 0.3 is 6.18 Å². The number of nitrogens with one attached hydrogen (secondary N) is 2. The van der Waals surface area contributed by atoms with Crippen molar-refractivity contribution < 1.29 is 23.1 Å². The number of halogens is 3. The van der Waals surface area contributed by atoms with Crippen LogP contribution in [0.15, 0.2) is 29.3 Å². The molecule has 0 aliphatic carbocycles. The van der Waals surface area contributed by atoms with Gasteiger partial charge in [-0.2, -0.15) is 13.2 Å². The second-order valence-corrected chi connectivity index (χ2v) is 7.83. The number of hydrogen-bond donors (Lipinski definition) is 3. The normalized spacial score (nSPS) is 13.8. The molecule has 0 radical (unpaired) electrons. The standard InChI is InChI=1S/C20H31F3N4O2/c1-6-24-18(26-12-17(29)27(5)13-20(21,22)23)25-11-16(28)14-7-9-15(10-8-14)19(2,3)4/h7-10,16,28H,6,11-13H2,1-5H3,(H2,24,25,26). The Labute approximate surface area is 170 Å². The van der Waals surface area contributed by atoms with E-state index in [4.69, 9.17) is 0 Å². The van der Waals surface area contributed by atoms with Gasteiger partial charge in [-0.05, 0) is 23.5 Å². The lowest BCUT2D eigenvalue weighted by Gasteiger charge is -2.21. The Morgan fingerprint density at radius 1 is 1.17 bits per heavy atom. The van der Waals surface area contributed by atoms with Crippen molar-refractivity contribution in [1.82, 2.24) is 15.5 Å². The molecule has 0 bridgehead atoms. The minimum atomic E-state index is -4.45. The van der Waals surface area contributed by atoms with E-state index >= 15 is 0 Å². The predicted octanol–water partition coefficient (Wildman–Crippen LogP) is 2.59. The molecular weight excluding hydrogens is 385 g/mol. The van der Waals surface area contributed by atoms with Crippen LogP contribution in [0.5, 0.6) is 0 Å². The molecule has 3 N–H and O–H groups in total. The second kappa shape index (κ2) is 10.5. The fourth-order valence-corrected chi connectivity index (χ4v) is 2.48. The highest BCUT2D eigenvalue weighted by atomic mass is 19.4. The second-order valence-electron chi connectivity index (χ2n) is 7.83. The minimum absolute atomic E-state index is 0.0123. The smallest absolute Gasteiger partial charge is 0.387 e. The highest BCUT2D eigenvalue weighted by molar-refractivity contribution is 5.84. The summed E-state index contributed by atoms with van der Waals surface area (Å²) in [5, 5.41) is 16.2. The number of rotatable bonds is 7. The number of benzene rings is 1. The fourth-order valence-electron chi connectivity index (χ4n) is 2.48. The summed E-state index contributed by atoms with van der Waals surface area (Å²) in [5.41, 5.74) is 1.89. The van der Waals surface area contributed by atoms with Crippen LogP contribution in [-0.2, 0) is 10.2 Å². The number of aliphatic hydroxyl groups excluding tert-OH is 1. The molecule has 1 aromatic carbocycles. The molecule has 1 atom stereocenters. The van der Waals surface area contributed by atoms with Crippen LogP contribution in [0.1, 0.15) is 44.9 Å². The number of aliphatic imine (C=N–C) groups is 1. The van der Waals surface area contributed by atoms with Crippen molar-refractivity contribution in [2.75, 3.05) is 33.2 Å². The van der Waals surface area contributed by atoms with E-state index in [0.717, 1.165) is 18.2 Å². The Kier molecular flexibility index (Phi) is 8.94. The molecule has 0 aromatic heterocycles. The van der Waals surface area contributed by atoms with Crippen LogP contribution in [-0.4, -0.2) is 61.3 Å². The molecule has 1 unspecified atom stereocenters. The van der Waals surface area contributed by atoms with Crippen LogP contribution in [0.3, 0.4) is 0 Å². The number of nitrogens with zero attached hydrogens (tertiary/aromatic N) is 2. The zero-order valence-corrected chi connectivity index (χ0v) is 17.6. The third-order valence-electron chi connectivity index (χ3n) is 4.18. The van der Waals surface area contributed by atoms with E-state index in [-0.39, 0.29) is 17.9 Å². The summed E-state index contributed by atoms with van der Waals surface area (Å²) in [6, 6.07) is 7.64. The number of carbonyl (C=O) groups is 1. The Hall–Kier alpha value is -2.29. The van der Waals surface area contributed by atoms with Crippen LogP contribution in [0, 0.1) is 0 Å². The first-order valence-electron chi connectivity index (χ1n) is 9.45. The van der Waals surface area contributed by atoms with Crippen molar-refractivity contribution in [3.05, 3.63) is 35.4 Å². The number of amides is 1. The summed E-state index contributed by atoms with van der Waals surface area (Å²) in [6.45, 7) is 7.00. The fraction of sp³-hybridized carbons (Fsp3) is 0.600. The van der Waals surface area contributed by atoms with Crippen LogP contribution < -0.4 is 10.6 Å².